The Morgan fingerprint density at radius 3 is 2.47 bits per heavy atom. The standard InChI is InChI=1S/C12H17ClF2N2/c13-7-9-8-16-17(11(9)12(14)15)10-5-3-1-2-4-6-10/h8,10,12H,1-7H2. The minimum absolute atomic E-state index is 0.0203. The van der Waals surface area contributed by atoms with Gasteiger partial charge in [0.25, 0.3) is 6.43 Å². The molecule has 0 aliphatic heterocycles. The summed E-state index contributed by atoms with van der Waals surface area (Å²) in [7, 11) is 0. The monoisotopic (exact) mass is 262 g/mol. The van der Waals surface area contributed by atoms with Gasteiger partial charge in [-0.05, 0) is 12.8 Å². The molecule has 96 valence electrons. The maximum atomic E-state index is 13.0. The second kappa shape index (κ2) is 5.80. The molecule has 0 unspecified atom stereocenters. The van der Waals surface area contributed by atoms with Crippen LogP contribution >= 0.6 is 11.6 Å². The molecule has 1 fully saturated rings. The first-order chi connectivity index (χ1) is 8.24. The molecular formula is C12H17ClF2N2. The lowest BCUT2D eigenvalue weighted by atomic mass is 10.1. The molecule has 0 radical (unpaired) electrons. The quantitative estimate of drug-likeness (QED) is 0.581. The van der Waals surface area contributed by atoms with E-state index in [0.29, 0.717) is 5.56 Å². The third-order valence-corrected chi connectivity index (χ3v) is 3.72. The molecule has 0 atom stereocenters. The summed E-state index contributed by atoms with van der Waals surface area (Å²) >= 11 is 5.67. The molecule has 1 aromatic heterocycles. The van der Waals surface area contributed by atoms with Crippen molar-refractivity contribution in [1.82, 2.24) is 9.78 Å². The summed E-state index contributed by atoms with van der Waals surface area (Å²) in [6.07, 6.45) is 5.49. The first-order valence-corrected chi connectivity index (χ1v) is 6.68. The van der Waals surface area contributed by atoms with Crippen LogP contribution in [-0.4, -0.2) is 9.78 Å². The summed E-state index contributed by atoms with van der Waals surface area (Å²) < 4.78 is 27.6. The van der Waals surface area contributed by atoms with E-state index in [0.717, 1.165) is 25.7 Å². The van der Waals surface area contributed by atoms with Gasteiger partial charge in [-0.15, -0.1) is 11.6 Å². The minimum Gasteiger partial charge on any atom is -0.260 e. The average Bonchev–Trinajstić information content (AvgIpc) is 2.56. The third kappa shape index (κ3) is 2.79. The Hall–Kier alpha value is -0.640. The van der Waals surface area contributed by atoms with Crippen molar-refractivity contribution in [1.29, 1.82) is 0 Å². The second-order valence-corrected chi connectivity index (χ2v) is 4.85. The number of nitrogens with zero attached hydrogens (tertiary/aromatic N) is 2. The highest BCUT2D eigenvalue weighted by Crippen LogP contribution is 2.32. The molecule has 0 aromatic carbocycles. The summed E-state index contributed by atoms with van der Waals surface area (Å²) in [4.78, 5) is 0. The van der Waals surface area contributed by atoms with E-state index in [2.05, 4.69) is 5.10 Å². The summed E-state index contributed by atoms with van der Waals surface area (Å²) in [6.45, 7) is 0. The van der Waals surface area contributed by atoms with Crippen LogP contribution in [0.4, 0.5) is 8.78 Å². The van der Waals surface area contributed by atoms with Crippen LogP contribution in [0.3, 0.4) is 0 Å². The molecule has 17 heavy (non-hydrogen) atoms. The lowest BCUT2D eigenvalue weighted by Gasteiger charge is -2.18. The zero-order valence-corrected chi connectivity index (χ0v) is 10.5. The van der Waals surface area contributed by atoms with Crippen LogP contribution in [0.5, 0.6) is 0 Å². The number of hydrogen-bond acceptors (Lipinski definition) is 1. The molecule has 1 aliphatic carbocycles. The summed E-state index contributed by atoms with van der Waals surface area (Å²) in [5, 5.41) is 4.13. The van der Waals surface area contributed by atoms with E-state index in [1.165, 1.54) is 23.7 Å². The normalized spacial score (nSPS) is 18.6. The van der Waals surface area contributed by atoms with Gasteiger partial charge in [-0.3, -0.25) is 4.68 Å². The second-order valence-electron chi connectivity index (χ2n) is 4.58. The van der Waals surface area contributed by atoms with Crippen molar-refractivity contribution in [2.45, 2.75) is 56.9 Å². The van der Waals surface area contributed by atoms with Crippen molar-refractivity contribution in [2.24, 2.45) is 0 Å². The van der Waals surface area contributed by atoms with E-state index in [1.54, 1.807) is 0 Å². The first kappa shape index (κ1) is 12.8. The Labute approximate surface area is 105 Å². The average molecular weight is 263 g/mol. The minimum atomic E-state index is -2.49. The summed E-state index contributed by atoms with van der Waals surface area (Å²) in [5.41, 5.74) is 0.484. The van der Waals surface area contributed by atoms with Crippen molar-refractivity contribution in [3.8, 4) is 0 Å². The zero-order valence-electron chi connectivity index (χ0n) is 9.71. The van der Waals surface area contributed by atoms with E-state index < -0.39 is 6.43 Å². The van der Waals surface area contributed by atoms with Gasteiger partial charge in [-0.25, -0.2) is 8.78 Å². The number of alkyl halides is 3. The van der Waals surface area contributed by atoms with Gasteiger partial charge in [0.05, 0.1) is 18.1 Å². The molecule has 2 rings (SSSR count). The molecule has 1 aromatic rings. The highest BCUT2D eigenvalue weighted by Gasteiger charge is 2.24. The first-order valence-electron chi connectivity index (χ1n) is 6.14. The SMILES string of the molecule is FC(F)c1c(CCl)cnn1C1CCCCCC1. The Balaban J connectivity index is 2.26. The Kier molecular flexibility index (Phi) is 4.37. The van der Waals surface area contributed by atoms with E-state index in [-0.39, 0.29) is 17.6 Å². The van der Waals surface area contributed by atoms with Gasteiger partial charge < -0.3 is 0 Å². The predicted molar refractivity (Wildman–Crippen MR) is 63.5 cm³/mol. The van der Waals surface area contributed by atoms with Crippen LogP contribution < -0.4 is 0 Å². The molecule has 0 bridgehead atoms. The van der Waals surface area contributed by atoms with Crippen LogP contribution in [0.1, 0.15) is 62.2 Å². The summed E-state index contributed by atoms with van der Waals surface area (Å²) in [6, 6.07) is 0.124. The van der Waals surface area contributed by atoms with E-state index >= 15 is 0 Å². The fourth-order valence-corrected chi connectivity index (χ4v) is 2.75. The van der Waals surface area contributed by atoms with Crippen molar-refractivity contribution < 1.29 is 8.78 Å². The Morgan fingerprint density at radius 2 is 1.94 bits per heavy atom. The van der Waals surface area contributed by atoms with Gasteiger partial charge in [-0.2, -0.15) is 5.10 Å². The molecule has 0 spiro atoms. The van der Waals surface area contributed by atoms with Gasteiger partial charge in [0.15, 0.2) is 0 Å². The highest BCUT2D eigenvalue weighted by molar-refractivity contribution is 6.17. The molecule has 0 N–H and O–H groups in total. The van der Waals surface area contributed by atoms with E-state index in [1.807, 2.05) is 0 Å². The van der Waals surface area contributed by atoms with Crippen LogP contribution in [0.15, 0.2) is 6.20 Å². The van der Waals surface area contributed by atoms with E-state index in [9.17, 15) is 8.78 Å². The topological polar surface area (TPSA) is 17.8 Å². The fraction of sp³-hybridized carbons (Fsp3) is 0.750. The highest BCUT2D eigenvalue weighted by atomic mass is 35.5. The molecule has 5 heteroatoms. The molecule has 1 heterocycles. The van der Waals surface area contributed by atoms with Gasteiger partial charge >= 0.3 is 0 Å². The van der Waals surface area contributed by atoms with Crippen molar-refractivity contribution in [3.05, 3.63) is 17.5 Å². The van der Waals surface area contributed by atoms with Crippen LogP contribution in [-0.2, 0) is 5.88 Å². The number of halogens is 3. The molecule has 0 saturated heterocycles. The predicted octanol–water partition coefficient (Wildman–Crippen LogP) is 4.45. The molecule has 2 nitrogen and oxygen atoms in total. The number of aromatic nitrogens is 2. The van der Waals surface area contributed by atoms with Gasteiger partial charge in [0, 0.05) is 5.56 Å². The lowest BCUT2D eigenvalue weighted by Crippen LogP contribution is -2.14. The van der Waals surface area contributed by atoms with E-state index in [4.69, 9.17) is 11.6 Å². The van der Waals surface area contributed by atoms with Crippen molar-refractivity contribution in [2.75, 3.05) is 0 Å². The molecule has 0 amide bonds. The van der Waals surface area contributed by atoms with Crippen LogP contribution in [0.25, 0.3) is 0 Å². The fourth-order valence-electron chi connectivity index (χ4n) is 2.54. The number of rotatable bonds is 3. The van der Waals surface area contributed by atoms with Crippen molar-refractivity contribution in [3.63, 3.8) is 0 Å². The Morgan fingerprint density at radius 1 is 1.29 bits per heavy atom. The Bertz CT molecular complexity index is 357. The van der Waals surface area contributed by atoms with Crippen LogP contribution in [0, 0.1) is 0 Å². The lowest BCUT2D eigenvalue weighted by molar-refractivity contribution is 0.133. The third-order valence-electron chi connectivity index (χ3n) is 3.44. The molecular weight excluding hydrogens is 246 g/mol. The van der Waals surface area contributed by atoms with Crippen molar-refractivity contribution >= 4 is 11.6 Å². The summed E-state index contributed by atoms with van der Waals surface area (Å²) in [5.74, 6) is 0.104. The maximum absolute atomic E-state index is 13.0. The maximum Gasteiger partial charge on any atom is 0.280 e. The van der Waals surface area contributed by atoms with Gasteiger partial charge in [0.2, 0.25) is 0 Å². The van der Waals surface area contributed by atoms with Crippen LogP contribution in [0.2, 0.25) is 0 Å². The zero-order chi connectivity index (χ0) is 12.3. The smallest absolute Gasteiger partial charge is 0.260 e. The van der Waals surface area contributed by atoms with Gasteiger partial charge in [0.1, 0.15) is 5.69 Å². The largest absolute Gasteiger partial charge is 0.280 e. The number of hydrogen-bond donors (Lipinski definition) is 0. The molecule has 1 saturated carbocycles. The molecule has 1 aliphatic rings. The van der Waals surface area contributed by atoms with Gasteiger partial charge in [-0.1, -0.05) is 25.7 Å².